The predicted octanol–water partition coefficient (Wildman–Crippen LogP) is 3.84. The second-order valence-electron chi connectivity index (χ2n) is 3.75. The first-order chi connectivity index (χ1) is 5.46. The van der Waals surface area contributed by atoms with E-state index in [1.807, 2.05) is 0 Å². The summed E-state index contributed by atoms with van der Waals surface area (Å²) in [4.78, 5) is 0. The van der Waals surface area contributed by atoms with Crippen LogP contribution in [-0.2, 0) is 19.8 Å². The van der Waals surface area contributed by atoms with Gasteiger partial charge in [0, 0.05) is 19.8 Å². The number of rotatable bonds is 0. The van der Waals surface area contributed by atoms with Crippen molar-refractivity contribution in [2.75, 3.05) is 0 Å². The predicted molar refractivity (Wildman–Crippen MR) is 59.9 cm³/mol. The maximum Gasteiger partial charge on any atom is 0 e. The quantitative estimate of drug-likeness (QED) is 0.629. The number of benzene rings is 1. The summed E-state index contributed by atoms with van der Waals surface area (Å²) in [7, 11) is 0. The molecular weight excluding hydrogens is 372 g/mol. The van der Waals surface area contributed by atoms with Crippen molar-refractivity contribution in [2.24, 2.45) is 0 Å². The van der Waals surface area contributed by atoms with Gasteiger partial charge in [-0.3, -0.25) is 9.41 Å². The Bertz CT molecular complexity index is 228. The first-order valence-electron chi connectivity index (χ1n) is 4.50. The van der Waals surface area contributed by atoms with Gasteiger partial charge in [-0.15, -0.1) is 0 Å². The first-order valence-corrected chi connectivity index (χ1v) is 4.50. The molecule has 1 aromatic rings. The van der Waals surface area contributed by atoms with Crippen LogP contribution >= 0.6 is 0 Å². The van der Waals surface area contributed by atoms with Crippen LogP contribution in [0.3, 0.4) is 0 Å². The molecule has 90 valence electrons. The van der Waals surface area contributed by atoms with E-state index in [0.29, 0.717) is 0 Å². The molecule has 0 saturated carbocycles. The molecule has 0 unspecified atom stereocenters. The standard InChI is InChI=1S/C12H18.2FH.Os/c1-7-8(2)10(4)12(6)11(5)9(7)3;;;/h1-6H3;2*1H;. The zero-order valence-corrected chi connectivity index (χ0v) is 12.7. The van der Waals surface area contributed by atoms with Gasteiger partial charge in [-0.25, -0.2) is 0 Å². The fourth-order valence-electron chi connectivity index (χ4n) is 1.69. The zero-order chi connectivity index (χ0) is 9.46. The minimum atomic E-state index is 0. The van der Waals surface area contributed by atoms with Gasteiger partial charge in [0.05, 0.1) is 0 Å². The van der Waals surface area contributed by atoms with Crippen molar-refractivity contribution in [3.63, 3.8) is 0 Å². The van der Waals surface area contributed by atoms with E-state index in [-0.39, 0.29) is 29.2 Å². The van der Waals surface area contributed by atoms with Gasteiger partial charge in [-0.1, -0.05) is 0 Å². The summed E-state index contributed by atoms with van der Waals surface area (Å²) in [5, 5.41) is 0. The van der Waals surface area contributed by atoms with Crippen molar-refractivity contribution in [3.05, 3.63) is 33.4 Å². The van der Waals surface area contributed by atoms with Crippen LogP contribution in [0.1, 0.15) is 33.4 Å². The molecule has 1 rings (SSSR count). The number of halogens is 2. The summed E-state index contributed by atoms with van der Waals surface area (Å²) in [5.74, 6) is 0. The second-order valence-corrected chi connectivity index (χ2v) is 3.75. The molecule has 0 aliphatic heterocycles. The zero-order valence-electron chi connectivity index (χ0n) is 10.2. The SMILES string of the molecule is Cc1c(C)c(C)c(C)c(C)c1C.F.F.[Os]. The molecule has 0 fully saturated rings. The Morgan fingerprint density at radius 2 is 0.467 bits per heavy atom. The molecule has 0 atom stereocenters. The molecule has 0 nitrogen and oxygen atoms in total. The van der Waals surface area contributed by atoms with Crippen LogP contribution in [0.4, 0.5) is 9.41 Å². The van der Waals surface area contributed by atoms with Crippen molar-refractivity contribution in [3.8, 4) is 0 Å². The van der Waals surface area contributed by atoms with E-state index in [1.54, 1.807) is 0 Å². The van der Waals surface area contributed by atoms with E-state index in [1.165, 1.54) is 33.4 Å². The van der Waals surface area contributed by atoms with E-state index < -0.39 is 0 Å². The van der Waals surface area contributed by atoms with Gasteiger partial charge in [-0.05, 0) is 74.9 Å². The minimum absolute atomic E-state index is 0. The third kappa shape index (κ3) is 3.35. The summed E-state index contributed by atoms with van der Waals surface area (Å²) in [6, 6.07) is 0. The largest absolute Gasteiger partial charge is 0.269 e. The molecule has 0 spiro atoms. The molecular formula is C12H20F2Os. The third-order valence-corrected chi connectivity index (χ3v) is 3.38. The van der Waals surface area contributed by atoms with E-state index in [9.17, 15) is 0 Å². The summed E-state index contributed by atoms with van der Waals surface area (Å²) in [6.45, 7) is 13.3. The maximum absolute atomic E-state index is 2.21. The van der Waals surface area contributed by atoms with E-state index >= 15 is 0 Å². The van der Waals surface area contributed by atoms with Gasteiger partial charge in [0.2, 0.25) is 0 Å². The first kappa shape index (κ1) is 20.2. The molecule has 0 amide bonds. The van der Waals surface area contributed by atoms with Crippen molar-refractivity contribution < 1.29 is 29.2 Å². The maximum atomic E-state index is 2.21. The fourth-order valence-corrected chi connectivity index (χ4v) is 1.69. The van der Waals surface area contributed by atoms with Crippen LogP contribution in [0.25, 0.3) is 0 Å². The minimum Gasteiger partial charge on any atom is -0.269 e. The van der Waals surface area contributed by atoms with Crippen LogP contribution in [0.15, 0.2) is 0 Å². The Morgan fingerprint density at radius 1 is 0.400 bits per heavy atom. The van der Waals surface area contributed by atoms with Crippen molar-refractivity contribution in [1.82, 2.24) is 0 Å². The van der Waals surface area contributed by atoms with Crippen molar-refractivity contribution in [2.45, 2.75) is 41.5 Å². The Kier molecular flexibility index (Phi) is 9.50. The van der Waals surface area contributed by atoms with Gasteiger partial charge in [0.1, 0.15) is 0 Å². The van der Waals surface area contributed by atoms with Crippen LogP contribution < -0.4 is 0 Å². The van der Waals surface area contributed by atoms with Crippen LogP contribution in [0, 0.1) is 41.5 Å². The van der Waals surface area contributed by atoms with Gasteiger partial charge in [0.15, 0.2) is 0 Å². The molecule has 0 aromatic heterocycles. The normalized spacial score (nSPS) is 8.40. The summed E-state index contributed by atoms with van der Waals surface area (Å²) in [6.07, 6.45) is 0. The second kappa shape index (κ2) is 7.07. The Labute approximate surface area is 104 Å². The average Bonchev–Trinajstić information content (AvgIpc) is 2.08. The van der Waals surface area contributed by atoms with Gasteiger partial charge in [-0.2, -0.15) is 0 Å². The molecule has 0 heterocycles. The molecule has 0 aliphatic rings. The monoisotopic (exact) mass is 394 g/mol. The Hall–Kier alpha value is -0.284. The van der Waals surface area contributed by atoms with E-state index in [0.717, 1.165) is 0 Å². The average molecular weight is 393 g/mol. The molecule has 3 heteroatoms. The number of hydrogen-bond donors (Lipinski definition) is 0. The summed E-state index contributed by atoms with van der Waals surface area (Å²) in [5.41, 5.74) is 8.73. The Morgan fingerprint density at radius 3 is 0.533 bits per heavy atom. The molecule has 0 saturated heterocycles. The Balaban J connectivity index is -0.000000480. The van der Waals surface area contributed by atoms with Crippen molar-refractivity contribution in [1.29, 1.82) is 0 Å². The van der Waals surface area contributed by atoms with Crippen LogP contribution in [0.5, 0.6) is 0 Å². The van der Waals surface area contributed by atoms with Gasteiger partial charge in [0.25, 0.3) is 0 Å². The van der Waals surface area contributed by atoms with Crippen LogP contribution in [0.2, 0.25) is 0 Å². The van der Waals surface area contributed by atoms with Crippen LogP contribution in [-0.4, -0.2) is 0 Å². The fraction of sp³-hybridized carbons (Fsp3) is 0.500. The molecule has 15 heavy (non-hydrogen) atoms. The summed E-state index contributed by atoms with van der Waals surface area (Å²) >= 11 is 0. The third-order valence-electron chi connectivity index (χ3n) is 3.38. The van der Waals surface area contributed by atoms with Gasteiger partial charge >= 0.3 is 0 Å². The van der Waals surface area contributed by atoms with Gasteiger partial charge < -0.3 is 0 Å². The van der Waals surface area contributed by atoms with E-state index in [2.05, 4.69) is 41.5 Å². The van der Waals surface area contributed by atoms with Crippen molar-refractivity contribution >= 4 is 0 Å². The molecule has 0 N–H and O–H groups in total. The number of hydrogen-bond acceptors (Lipinski definition) is 0. The summed E-state index contributed by atoms with van der Waals surface area (Å²) < 4.78 is 0. The smallest absolute Gasteiger partial charge is 0 e. The topological polar surface area (TPSA) is 0 Å². The molecule has 0 bridgehead atoms. The molecule has 0 radical (unpaired) electrons. The molecule has 1 aromatic carbocycles. The van der Waals surface area contributed by atoms with E-state index in [4.69, 9.17) is 0 Å². The molecule has 0 aliphatic carbocycles.